The van der Waals surface area contributed by atoms with E-state index in [-0.39, 0.29) is 0 Å². The van der Waals surface area contributed by atoms with Crippen molar-refractivity contribution in [3.8, 4) is 0 Å². The van der Waals surface area contributed by atoms with E-state index >= 15 is 0 Å². The summed E-state index contributed by atoms with van der Waals surface area (Å²) in [6.07, 6.45) is -0.516. The second-order valence-electron chi connectivity index (χ2n) is 4.40. The van der Waals surface area contributed by atoms with Crippen LogP contribution in [0, 0.1) is 0 Å². The van der Waals surface area contributed by atoms with Gasteiger partial charge in [0, 0.05) is 6.54 Å². The van der Waals surface area contributed by atoms with Gasteiger partial charge >= 0.3 is 0 Å². The molecule has 3 heteroatoms. The number of aliphatic hydroxyl groups is 1. The van der Waals surface area contributed by atoms with Crippen LogP contribution in [0.2, 0.25) is 0 Å². The topological polar surface area (TPSA) is 23.5 Å². The third-order valence-corrected chi connectivity index (χ3v) is 3.40. The third-order valence-electron chi connectivity index (χ3n) is 2.70. The highest BCUT2D eigenvalue weighted by atomic mass is 32.1. The largest absolute Gasteiger partial charge is 0.384 e. The van der Waals surface area contributed by atoms with E-state index in [2.05, 4.69) is 11.0 Å². The molecule has 0 aliphatic carbocycles. The zero-order chi connectivity index (χ0) is 12.3. The van der Waals surface area contributed by atoms with Crippen LogP contribution in [0.15, 0.2) is 41.1 Å². The van der Waals surface area contributed by atoms with Crippen LogP contribution in [0.25, 0.3) is 0 Å². The Labute approximate surface area is 106 Å². The minimum Gasteiger partial charge on any atom is -0.384 e. The van der Waals surface area contributed by atoms with Crippen LogP contribution in [0.5, 0.6) is 0 Å². The van der Waals surface area contributed by atoms with E-state index < -0.39 is 6.10 Å². The minimum atomic E-state index is -0.516. The van der Waals surface area contributed by atoms with Gasteiger partial charge in [0.1, 0.15) is 6.10 Å². The first-order valence-corrected chi connectivity index (χ1v) is 6.55. The van der Waals surface area contributed by atoms with E-state index in [0.717, 1.165) is 17.7 Å². The van der Waals surface area contributed by atoms with Gasteiger partial charge in [-0.25, -0.2) is 0 Å². The van der Waals surface area contributed by atoms with Crippen LogP contribution in [0.4, 0.5) is 0 Å². The molecule has 1 aromatic carbocycles. The van der Waals surface area contributed by atoms with Crippen molar-refractivity contribution in [3.05, 3.63) is 57.8 Å². The third kappa shape index (κ3) is 2.94. The van der Waals surface area contributed by atoms with Crippen molar-refractivity contribution in [2.75, 3.05) is 14.1 Å². The summed E-state index contributed by atoms with van der Waals surface area (Å²) < 4.78 is 0. The Morgan fingerprint density at radius 3 is 2.65 bits per heavy atom. The molecule has 2 aromatic rings. The highest BCUT2D eigenvalue weighted by Crippen LogP contribution is 2.26. The summed E-state index contributed by atoms with van der Waals surface area (Å²) >= 11 is 1.61. The smallest absolute Gasteiger partial charge is 0.105 e. The average Bonchev–Trinajstić information content (AvgIpc) is 2.81. The second-order valence-corrected chi connectivity index (χ2v) is 5.18. The monoisotopic (exact) mass is 247 g/mol. The molecule has 1 atom stereocenters. The number of hydrogen-bond donors (Lipinski definition) is 1. The van der Waals surface area contributed by atoms with Gasteiger partial charge in [-0.15, -0.1) is 0 Å². The maximum Gasteiger partial charge on any atom is 0.105 e. The van der Waals surface area contributed by atoms with Crippen molar-refractivity contribution < 1.29 is 5.11 Å². The van der Waals surface area contributed by atoms with Crippen molar-refractivity contribution in [1.82, 2.24) is 4.90 Å². The Kier molecular flexibility index (Phi) is 3.94. The number of benzene rings is 1. The lowest BCUT2D eigenvalue weighted by Crippen LogP contribution is -2.13. The molecule has 0 saturated carbocycles. The molecule has 1 aromatic heterocycles. The van der Waals surface area contributed by atoms with Crippen LogP contribution in [-0.4, -0.2) is 24.1 Å². The van der Waals surface area contributed by atoms with E-state index in [4.69, 9.17) is 0 Å². The van der Waals surface area contributed by atoms with E-state index in [9.17, 15) is 5.11 Å². The van der Waals surface area contributed by atoms with Gasteiger partial charge in [-0.1, -0.05) is 24.3 Å². The maximum absolute atomic E-state index is 10.4. The molecule has 0 amide bonds. The number of aliphatic hydroxyl groups excluding tert-OH is 1. The lowest BCUT2D eigenvalue weighted by Gasteiger charge is -2.17. The van der Waals surface area contributed by atoms with Crippen molar-refractivity contribution >= 4 is 11.3 Å². The van der Waals surface area contributed by atoms with Crippen molar-refractivity contribution in [2.24, 2.45) is 0 Å². The van der Waals surface area contributed by atoms with Crippen LogP contribution >= 0.6 is 11.3 Å². The van der Waals surface area contributed by atoms with Gasteiger partial charge in [-0.05, 0) is 47.6 Å². The first-order chi connectivity index (χ1) is 8.18. The molecule has 0 aliphatic heterocycles. The molecular formula is C14H17NOS. The Hall–Kier alpha value is -1.16. The second kappa shape index (κ2) is 5.45. The van der Waals surface area contributed by atoms with E-state index in [0.29, 0.717) is 0 Å². The van der Waals surface area contributed by atoms with Gasteiger partial charge in [0.2, 0.25) is 0 Å². The standard InChI is InChI=1S/C14H17NOS/c1-15(2)9-11-5-3-4-6-13(11)14(16)12-7-8-17-10-12/h3-8,10,14,16H,9H2,1-2H3. The molecule has 0 bridgehead atoms. The zero-order valence-corrected chi connectivity index (χ0v) is 10.9. The molecule has 2 rings (SSSR count). The molecule has 17 heavy (non-hydrogen) atoms. The van der Waals surface area contributed by atoms with Gasteiger partial charge < -0.3 is 10.0 Å². The number of rotatable bonds is 4. The Morgan fingerprint density at radius 2 is 2.00 bits per heavy atom. The summed E-state index contributed by atoms with van der Waals surface area (Å²) in [7, 11) is 4.07. The van der Waals surface area contributed by atoms with E-state index in [1.54, 1.807) is 11.3 Å². The van der Waals surface area contributed by atoms with E-state index in [1.807, 2.05) is 49.1 Å². The summed E-state index contributed by atoms with van der Waals surface area (Å²) in [5.41, 5.74) is 3.15. The Bertz CT molecular complexity index is 465. The van der Waals surface area contributed by atoms with Crippen LogP contribution in [-0.2, 0) is 6.54 Å². The first-order valence-electron chi connectivity index (χ1n) is 5.61. The highest BCUT2D eigenvalue weighted by Gasteiger charge is 2.14. The Balaban J connectivity index is 2.31. The molecule has 0 saturated heterocycles. The predicted octanol–water partition coefficient (Wildman–Crippen LogP) is 2.89. The van der Waals surface area contributed by atoms with Gasteiger partial charge in [0.15, 0.2) is 0 Å². The van der Waals surface area contributed by atoms with Crippen LogP contribution in [0.1, 0.15) is 22.8 Å². The van der Waals surface area contributed by atoms with Crippen molar-refractivity contribution in [3.63, 3.8) is 0 Å². The average molecular weight is 247 g/mol. The fourth-order valence-corrected chi connectivity index (χ4v) is 2.57. The predicted molar refractivity (Wildman–Crippen MR) is 72.2 cm³/mol. The first kappa shape index (κ1) is 12.3. The zero-order valence-electron chi connectivity index (χ0n) is 10.1. The van der Waals surface area contributed by atoms with E-state index in [1.165, 1.54) is 5.56 Å². The molecule has 1 N–H and O–H groups in total. The molecular weight excluding hydrogens is 230 g/mol. The quantitative estimate of drug-likeness (QED) is 0.898. The SMILES string of the molecule is CN(C)Cc1ccccc1C(O)c1ccsc1. The fraction of sp³-hybridized carbons (Fsp3) is 0.286. The number of hydrogen-bond acceptors (Lipinski definition) is 3. The van der Waals surface area contributed by atoms with Crippen LogP contribution in [0.3, 0.4) is 0 Å². The minimum absolute atomic E-state index is 0.516. The van der Waals surface area contributed by atoms with Gasteiger partial charge in [0.05, 0.1) is 0 Å². The fourth-order valence-electron chi connectivity index (χ4n) is 1.90. The highest BCUT2D eigenvalue weighted by molar-refractivity contribution is 7.07. The number of nitrogens with zero attached hydrogens (tertiary/aromatic N) is 1. The van der Waals surface area contributed by atoms with Crippen molar-refractivity contribution in [2.45, 2.75) is 12.6 Å². The molecule has 0 spiro atoms. The summed E-state index contributed by atoms with van der Waals surface area (Å²) in [5.74, 6) is 0. The lowest BCUT2D eigenvalue weighted by molar-refractivity contribution is 0.218. The Morgan fingerprint density at radius 1 is 1.24 bits per heavy atom. The molecule has 0 aliphatic rings. The summed E-state index contributed by atoms with van der Waals surface area (Å²) in [6.45, 7) is 0.845. The molecule has 0 fully saturated rings. The van der Waals surface area contributed by atoms with Gasteiger partial charge in [-0.3, -0.25) is 0 Å². The lowest BCUT2D eigenvalue weighted by atomic mass is 9.98. The van der Waals surface area contributed by atoms with Gasteiger partial charge in [0.25, 0.3) is 0 Å². The summed E-state index contributed by atoms with van der Waals surface area (Å²) in [5, 5.41) is 14.4. The number of thiophene rings is 1. The summed E-state index contributed by atoms with van der Waals surface area (Å²) in [4.78, 5) is 2.11. The van der Waals surface area contributed by atoms with Crippen LogP contribution < -0.4 is 0 Å². The maximum atomic E-state index is 10.4. The molecule has 1 heterocycles. The normalized spacial score (nSPS) is 12.9. The van der Waals surface area contributed by atoms with Gasteiger partial charge in [-0.2, -0.15) is 11.3 Å². The molecule has 1 unspecified atom stereocenters. The molecule has 2 nitrogen and oxygen atoms in total. The molecule has 90 valence electrons. The summed E-state index contributed by atoms with van der Waals surface area (Å²) in [6, 6.07) is 10.0. The van der Waals surface area contributed by atoms with Crippen molar-refractivity contribution in [1.29, 1.82) is 0 Å². The molecule has 0 radical (unpaired) electrons.